The average Bonchev–Trinajstić information content (AvgIpc) is 2.97. The fraction of sp³-hybridized carbons (Fsp3) is 0.421. The molecule has 1 aromatic carbocycles. The zero-order valence-electron chi connectivity index (χ0n) is 15.2. The number of nitrogens with one attached hydrogen (secondary N) is 1. The van der Waals surface area contributed by atoms with E-state index in [0.29, 0.717) is 26.2 Å². The molecule has 3 rings (SSSR count). The van der Waals surface area contributed by atoms with E-state index >= 15 is 0 Å². The number of hydrogen-bond donors (Lipinski definition) is 1. The summed E-state index contributed by atoms with van der Waals surface area (Å²) in [6.07, 6.45) is 0. The number of carbonyl (C=O) groups excluding carboxylic acids is 3. The monoisotopic (exact) mass is 373 g/mol. The Morgan fingerprint density at radius 2 is 1.65 bits per heavy atom. The smallest absolute Gasteiger partial charge is 0.312 e. The normalized spacial score (nSPS) is 14.8. The highest BCUT2D eigenvalue weighted by Gasteiger charge is 2.29. The van der Waals surface area contributed by atoms with Crippen LogP contribution in [0.15, 0.2) is 24.3 Å². The Morgan fingerprint density at radius 3 is 2.27 bits per heavy atom. The summed E-state index contributed by atoms with van der Waals surface area (Å²) in [6, 6.07) is 7.92. The van der Waals surface area contributed by atoms with Crippen LogP contribution in [0, 0.1) is 6.92 Å². The molecule has 2 aromatic rings. The number of amides is 3. The number of benzene rings is 1. The summed E-state index contributed by atoms with van der Waals surface area (Å²) in [5, 5.41) is 3.72. The van der Waals surface area contributed by atoms with E-state index < -0.39 is 11.8 Å². The van der Waals surface area contributed by atoms with Crippen molar-refractivity contribution in [1.29, 1.82) is 0 Å². The zero-order chi connectivity index (χ0) is 18.8. The Hall–Kier alpha value is -2.41. The third-order valence-corrected chi connectivity index (χ3v) is 5.77. The molecule has 7 heteroatoms. The molecule has 0 bridgehead atoms. The van der Waals surface area contributed by atoms with Crippen molar-refractivity contribution in [3.8, 4) is 0 Å². The molecule has 1 fully saturated rings. The second kappa shape index (κ2) is 7.45. The van der Waals surface area contributed by atoms with Crippen molar-refractivity contribution in [2.45, 2.75) is 26.8 Å². The summed E-state index contributed by atoms with van der Waals surface area (Å²) in [4.78, 5) is 40.9. The van der Waals surface area contributed by atoms with Gasteiger partial charge in [0.1, 0.15) is 0 Å². The first-order valence-corrected chi connectivity index (χ1v) is 9.57. The van der Waals surface area contributed by atoms with Gasteiger partial charge in [0, 0.05) is 36.9 Å². The van der Waals surface area contributed by atoms with E-state index in [4.69, 9.17) is 0 Å². The molecule has 1 N–H and O–H groups in total. The van der Waals surface area contributed by atoms with E-state index in [2.05, 4.69) is 5.32 Å². The predicted molar refractivity (Wildman–Crippen MR) is 102 cm³/mol. The standard InChI is InChI=1S/C19H23N3O3S/c1-12(2)20-17(23)19(25)22-10-8-21(9-11-22)18(24)16-13(3)14-6-4-5-7-15(14)26-16/h4-7,12H,8-11H2,1-3H3,(H,20,23). The van der Waals surface area contributed by atoms with Crippen LogP contribution >= 0.6 is 11.3 Å². The SMILES string of the molecule is Cc1c(C(=O)N2CCN(C(=O)C(=O)NC(C)C)CC2)sc2ccccc12. The van der Waals surface area contributed by atoms with E-state index in [9.17, 15) is 14.4 Å². The highest BCUT2D eigenvalue weighted by molar-refractivity contribution is 7.21. The van der Waals surface area contributed by atoms with Crippen LogP contribution in [-0.4, -0.2) is 59.7 Å². The second-order valence-electron chi connectivity index (χ2n) is 6.76. The maximum atomic E-state index is 12.9. The number of piperazine rings is 1. The summed E-state index contributed by atoms with van der Waals surface area (Å²) in [5.41, 5.74) is 1.01. The molecule has 1 aliphatic heterocycles. The Morgan fingerprint density at radius 1 is 1.04 bits per heavy atom. The maximum absolute atomic E-state index is 12.9. The summed E-state index contributed by atoms with van der Waals surface area (Å²) >= 11 is 1.51. The van der Waals surface area contributed by atoms with Crippen molar-refractivity contribution in [2.24, 2.45) is 0 Å². The van der Waals surface area contributed by atoms with E-state index in [1.54, 1.807) is 4.90 Å². The lowest BCUT2D eigenvalue weighted by molar-refractivity contribution is -0.147. The largest absolute Gasteiger partial charge is 0.346 e. The molecule has 6 nitrogen and oxygen atoms in total. The number of hydrogen-bond acceptors (Lipinski definition) is 4. The van der Waals surface area contributed by atoms with Crippen LogP contribution in [-0.2, 0) is 9.59 Å². The summed E-state index contributed by atoms with van der Waals surface area (Å²) in [5.74, 6) is -1.11. The van der Waals surface area contributed by atoms with Gasteiger partial charge >= 0.3 is 11.8 Å². The van der Waals surface area contributed by atoms with Crippen molar-refractivity contribution in [3.05, 3.63) is 34.7 Å². The minimum Gasteiger partial charge on any atom is -0.346 e. The van der Waals surface area contributed by atoms with Gasteiger partial charge in [0.25, 0.3) is 5.91 Å². The number of aryl methyl sites for hydroxylation is 1. The molecule has 1 aromatic heterocycles. The van der Waals surface area contributed by atoms with Crippen LogP contribution in [0.25, 0.3) is 10.1 Å². The molecule has 0 saturated carbocycles. The van der Waals surface area contributed by atoms with Gasteiger partial charge < -0.3 is 15.1 Å². The molecule has 1 saturated heterocycles. The number of nitrogens with zero attached hydrogens (tertiary/aromatic N) is 2. The van der Waals surface area contributed by atoms with Gasteiger partial charge in [-0.2, -0.15) is 0 Å². The van der Waals surface area contributed by atoms with Crippen molar-refractivity contribution >= 4 is 39.1 Å². The topological polar surface area (TPSA) is 69.7 Å². The quantitative estimate of drug-likeness (QED) is 0.819. The van der Waals surface area contributed by atoms with E-state index in [-0.39, 0.29) is 11.9 Å². The van der Waals surface area contributed by atoms with E-state index in [1.807, 2.05) is 45.0 Å². The minimum absolute atomic E-state index is 0.00225. The van der Waals surface area contributed by atoms with Gasteiger partial charge in [-0.15, -0.1) is 11.3 Å². The van der Waals surface area contributed by atoms with Crippen molar-refractivity contribution in [3.63, 3.8) is 0 Å². The molecule has 3 amide bonds. The molecule has 0 aliphatic carbocycles. The Bertz CT molecular complexity index is 851. The number of fused-ring (bicyclic) bond motifs is 1. The molecule has 26 heavy (non-hydrogen) atoms. The number of carbonyl (C=O) groups is 3. The first-order chi connectivity index (χ1) is 12.4. The molecule has 0 atom stereocenters. The van der Waals surface area contributed by atoms with Crippen LogP contribution in [0.4, 0.5) is 0 Å². The Kier molecular flexibility index (Phi) is 5.27. The second-order valence-corrected chi connectivity index (χ2v) is 7.82. The van der Waals surface area contributed by atoms with Gasteiger partial charge in [-0.05, 0) is 37.8 Å². The molecule has 0 unspecified atom stereocenters. The van der Waals surface area contributed by atoms with Gasteiger partial charge in [-0.1, -0.05) is 18.2 Å². The van der Waals surface area contributed by atoms with Crippen LogP contribution < -0.4 is 5.32 Å². The van der Waals surface area contributed by atoms with Gasteiger partial charge in [0.05, 0.1) is 4.88 Å². The number of thiophene rings is 1. The molecule has 0 spiro atoms. The van der Waals surface area contributed by atoms with Crippen molar-refractivity contribution in [2.75, 3.05) is 26.2 Å². The summed E-state index contributed by atoms with van der Waals surface area (Å²) in [6.45, 7) is 7.23. The first kappa shape index (κ1) is 18.4. The van der Waals surface area contributed by atoms with Crippen LogP contribution in [0.2, 0.25) is 0 Å². The van der Waals surface area contributed by atoms with E-state index in [1.165, 1.54) is 16.2 Å². The van der Waals surface area contributed by atoms with Gasteiger partial charge in [-0.25, -0.2) is 0 Å². The maximum Gasteiger partial charge on any atom is 0.312 e. The zero-order valence-corrected chi connectivity index (χ0v) is 16.1. The number of rotatable bonds is 2. The van der Waals surface area contributed by atoms with Gasteiger partial charge in [0.2, 0.25) is 0 Å². The van der Waals surface area contributed by atoms with Gasteiger partial charge in [-0.3, -0.25) is 14.4 Å². The van der Waals surface area contributed by atoms with Crippen LogP contribution in [0.5, 0.6) is 0 Å². The van der Waals surface area contributed by atoms with Crippen molar-refractivity contribution in [1.82, 2.24) is 15.1 Å². The summed E-state index contributed by atoms with van der Waals surface area (Å²) in [7, 11) is 0. The van der Waals surface area contributed by atoms with Crippen molar-refractivity contribution < 1.29 is 14.4 Å². The molecular formula is C19H23N3O3S. The molecule has 0 radical (unpaired) electrons. The third kappa shape index (κ3) is 3.58. The van der Waals surface area contributed by atoms with E-state index in [0.717, 1.165) is 20.5 Å². The lowest BCUT2D eigenvalue weighted by Crippen LogP contribution is -2.54. The third-order valence-electron chi connectivity index (χ3n) is 4.51. The first-order valence-electron chi connectivity index (χ1n) is 8.75. The predicted octanol–water partition coefficient (Wildman–Crippen LogP) is 2.02. The minimum atomic E-state index is -0.583. The highest BCUT2D eigenvalue weighted by Crippen LogP contribution is 2.31. The fourth-order valence-electron chi connectivity index (χ4n) is 3.10. The molecular weight excluding hydrogens is 350 g/mol. The lowest BCUT2D eigenvalue weighted by Gasteiger charge is -2.34. The van der Waals surface area contributed by atoms with Crippen LogP contribution in [0.1, 0.15) is 29.1 Å². The highest BCUT2D eigenvalue weighted by atomic mass is 32.1. The summed E-state index contributed by atoms with van der Waals surface area (Å²) < 4.78 is 1.10. The average molecular weight is 373 g/mol. The molecule has 1 aliphatic rings. The fourth-order valence-corrected chi connectivity index (χ4v) is 4.28. The molecule has 138 valence electrons. The van der Waals surface area contributed by atoms with Crippen LogP contribution in [0.3, 0.4) is 0 Å². The lowest BCUT2D eigenvalue weighted by atomic mass is 10.1. The molecule has 2 heterocycles. The Labute approximate surface area is 156 Å². The Balaban J connectivity index is 1.66. The van der Waals surface area contributed by atoms with Gasteiger partial charge in [0.15, 0.2) is 0 Å².